The smallest absolute Gasteiger partial charge is 0.416 e. The average Bonchev–Trinajstić information content (AvgIpc) is 2.48. The molecule has 0 unspecified atom stereocenters. The number of hydrogen-bond acceptors (Lipinski definition) is 4. The van der Waals surface area contributed by atoms with Crippen molar-refractivity contribution in [2.45, 2.75) is 26.1 Å². The molecule has 128 valence electrons. The van der Waals surface area contributed by atoms with E-state index in [1.807, 2.05) is 0 Å². The summed E-state index contributed by atoms with van der Waals surface area (Å²) in [6.45, 7) is 3.45. The molecule has 7 heteroatoms. The van der Waals surface area contributed by atoms with Crippen molar-refractivity contribution in [1.29, 1.82) is 0 Å². The Hall–Kier alpha value is -2.70. The highest BCUT2D eigenvalue weighted by Crippen LogP contribution is 2.32. The Morgan fingerprint density at radius 1 is 1.17 bits per heavy atom. The minimum Gasteiger partial charge on any atom is -0.459 e. The number of carbonyl (C=O) groups is 1. The summed E-state index contributed by atoms with van der Waals surface area (Å²) >= 11 is 0. The molecule has 0 saturated carbocycles. The van der Waals surface area contributed by atoms with Gasteiger partial charge in [-0.05, 0) is 50.2 Å². The predicted octanol–water partition coefficient (Wildman–Crippen LogP) is 4.60. The lowest BCUT2D eigenvalue weighted by Crippen LogP contribution is -2.12. The minimum atomic E-state index is -4.42. The van der Waals surface area contributed by atoms with Gasteiger partial charge in [0.1, 0.15) is 0 Å². The molecule has 2 aromatic rings. The third-order valence-corrected chi connectivity index (χ3v) is 3.10. The number of esters is 1. The third-order valence-electron chi connectivity index (χ3n) is 3.10. The van der Waals surface area contributed by atoms with Crippen molar-refractivity contribution in [3.63, 3.8) is 0 Å². The Bertz CT molecular complexity index is 743. The van der Waals surface area contributed by atoms with Gasteiger partial charge < -0.3 is 15.8 Å². The van der Waals surface area contributed by atoms with Crippen molar-refractivity contribution in [2.24, 2.45) is 0 Å². The molecule has 0 aliphatic heterocycles. The molecule has 0 saturated heterocycles. The van der Waals surface area contributed by atoms with E-state index in [-0.39, 0.29) is 23.0 Å². The largest absolute Gasteiger partial charge is 0.459 e. The zero-order chi connectivity index (χ0) is 17.9. The van der Waals surface area contributed by atoms with Crippen LogP contribution in [0.3, 0.4) is 0 Å². The summed E-state index contributed by atoms with van der Waals surface area (Å²) in [5, 5.41) is 2.81. The summed E-state index contributed by atoms with van der Waals surface area (Å²) < 4.78 is 43.2. The fraction of sp³-hybridized carbons (Fsp3) is 0.235. The van der Waals surface area contributed by atoms with Gasteiger partial charge in [-0.15, -0.1) is 0 Å². The van der Waals surface area contributed by atoms with Crippen LogP contribution in [0.15, 0.2) is 42.5 Å². The maximum atomic E-state index is 12.7. The molecule has 0 radical (unpaired) electrons. The summed E-state index contributed by atoms with van der Waals surface area (Å²) in [5.74, 6) is -0.512. The van der Waals surface area contributed by atoms with Crippen molar-refractivity contribution >= 4 is 23.0 Å². The standard InChI is InChI=1S/C17H17F3N2O2/c1-10(2)24-16(23)11-6-7-15(14(21)8-11)22-13-5-3-4-12(9-13)17(18,19)20/h3-10,22H,21H2,1-2H3. The molecule has 3 N–H and O–H groups in total. The van der Waals surface area contributed by atoms with Gasteiger partial charge >= 0.3 is 12.1 Å². The van der Waals surface area contributed by atoms with Crippen LogP contribution in [0, 0.1) is 0 Å². The normalized spacial score (nSPS) is 11.4. The molecule has 0 aromatic heterocycles. The van der Waals surface area contributed by atoms with Crippen molar-refractivity contribution in [1.82, 2.24) is 0 Å². The highest BCUT2D eigenvalue weighted by molar-refractivity contribution is 5.92. The van der Waals surface area contributed by atoms with E-state index in [2.05, 4.69) is 5.32 Å². The molecule has 0 heterocycles. The van der Waals surface area contributed by atoms with Crippen LogP contribution in [-0.4, -0.2) is 12.1 Å². The SMILES string of the molecule is CC(C)OC(=O)c1ccc(Nc2cccc(C(F)(F)F)c2)c(N)c1. The Morgan fingerprint density at radius 3 is 2.46 bits per heavy atom. The number of ether oxygens (including phenoxy) is 1. The van der Waals surface area contributed by atoms with E-state index in [1.165, 1.54) is 30.3 Å². The Balaban J connectivity index is 2.21. The maximum Gasteiger partial charge on any atom is 0.416 e. The molecule has 0 bridgehead atoms. The number of alkyl halides is 3. The predicted molar refractivity (Wildman–Crippen MR) is 86.1 cm³/mol. The van der Waals surface area contributed by atoms with Gasteiger partial charge in [0.05, 0.1) is 28.6 Å². The fourth-order valence-corrected chi connectivity index (χ4v) is 2.01. The van der Waals surface area contributed by atoms with Crippen LogP contribution < -0.4 is 11.1 Å². The number of hydrogen-bond donors (Lipinski definition) is 2. The highest BCUT2D eigenvalue weighted by atomic mass is 19.4. The third kappa shape index (κ3) is 4.41. The number of halogens is 3. The van der Waals surface area contributed by atoms with Crippen molar-refractivity contribution < 1.29 is 22.7 Å². The Labute approximate surface area is 137 Å². The van der Waals surface area contributed by atoms with Gasteiger partial charge in [0.25, 0.3) is 0 Å². The van der Waals surface area contributed by atoms with Crippen LogP contribution in [0.5, 0.6) is 0 Å². The van der Waals surface area contributed by atoms with Crippen molar-refractivity contribution in [2.75, 3.05) is 11.1 Å². The first-order valence-electron chi connectivity index (χ1n) is 7.21. The average molecular weight is 338 g/mol. The van der Waals surface area contributed by atoms with Crippen LogP contribution >= 0.6 is 0 Å². The molecule has 2 aromatic carbocycles. The van der Waals surface area contributed by atoms with Crippen LogP contribution in [0.1, 0.15) is 29.8 Å². The molecule has 4 nitrogen and oxygen atoms in total. The zero-order valence-corrected chi connectivity index (χ0v) is 13.1. The molecular weight excluding hydrogens is 321 g/mol. The molecule has 0 fully saturated rings. The first-order valence-corrected chi connectivity index (χ1v) is 7.21. The summed E-state index contributed by atoms with van der Waals surface area (Å²) in [6, 6.07) is 9.20. The topological polar surface area (TPSA) is 64.3 Å². The second-order valence-electron chi connectivity index (χ2n) is 5.46. The van der Waals surface area contributed by atoms with Crippen molar-refractivity contribution in [3.05, 3.63) is 53.6 Å². The molecule has 0 aliphatic carbocycles. The monoisotopic (exact) mass is 338 g/mol. The summed E-state index contributed by atoms with van der Waals surface area (Å²) in [7, 11) is 0. The van der Waals surface area contributed by atoms with E-state index in [1.54, 1.807) is 13.8 Å². The Kier molecular flexibility index (Phi) is 5.02. The molecule has 2 rings (SSSR count). The molecule has 0 aliphatic rings. The first kappa shape index (κ1) is 17.7. The van der Waals surface area contributed by atoms with E-state index in [9.17, 15) is 18.0 Å². The Morgan fingerprint density at radius 2 is 1.88 bits per heavy atom. The van der Waals surface area contributed by atoms with E-state index in [0.29, 0.717) is 5.69 Å². The van der Waals surface area contributed by atoms with Crippen molar-refractivity contribution in [3.8, 4) is 0 Å². The zero-order valence-electron chi connectivity index (χ0n) is 13.1. The van der Waals surface area contributed by atoms with Gasteiger partial charge in [0, 0.05) is 5.69 Å². The molecular formula is C17H17F3N2O2. The lowest BCUT2D eigenvalue weighted by molar-refractivity contribution is -0.137. The number of rotatable bonds is 4. The van der Waals surface area contributed by atoms with Gasteiger partial charge in [-0.2, -0.15) is 13.2 Å². The van der Waals surface area contributed by atoms with Crippen LogP contribution in [-0.2, 0) is 10.9 Å². The van der Waals surface area contributed by atoms with E-state index >= 15 is 0 Å². The number of anilines is 3. The molecule has 24 heavy (non-hydrogen) atoms. The lowest BCUT2D eigenvalue weighted by atomic mass is 10.1. The first-order chi connectivity index (χ1) is 11.2. The van der Waals surface area contributed by atoms with E-state index < -0.39 is 17.7 Å². The summed E-state index contributed by atoms with van der Waals surface area (Å²) in [5.41, 5.74) is 6.25. The van der Waals surface area contributed by atoms with E-state index in [0.717, 1.165) is 12.1 Å². The van der Waals surface area contributed by atoms with Crippen LogP contribution in [0.4, 0.5) is 30.2 Å². The number of nitrogen functional groups attached to an aromatic ring is 1. The van der Waals surface area contributed by atoms with Gasteiger partial charge in [-0.1, -0.05) is 6.07 Å². The summed E-state index contributed by atoms with van der Waals surface area (Å²) in [4.78, 5) is 11.8. The van der Waals surface area contributed by atoms with Gasteiger partial charge in [-0.3, -0.25) is 0 Å². The number of nitrogens with two attached hydrogens (primary N) is 1. The quantitative estimate of drug-likeness (QED) is 0.632. The van der Waals surface area contributed by atoms with Crippen LogP contribution in [0.25, 0.3) is 0 Å². The molecule has 0 atom stereocenters. The number of nitrogens with one attached hydrogen (secondary N) is 1. The summed E-state index contributed by atoms with van der Waals surface area (Å²) in [6.07, 6.45) is -4.69. The number of benzene rings is 2. The second kappa shape index (κ2) is 6.82. The second-order valence-corrected chi connectivity index (χ2v) is 5.46. The van der Waals surface area contributed by atoms with Gasteiger partial charge in [-0.25, -0.2) is 4.79 Å². The van der Waals surface area contributed by atoms with E-state index in [4.69, 9.17) is 10.5 Å². The van der Waals surface area contributed by atoms with Gasteiger partial charge in [0.15, 0.2) is 0 Å². The van der Waals surface area contributed by atoms with Gasteiger partial charge in [0.2, 0.25) is 0 Å². The maximum absolute atomic E-state index is 12.7. The minimum absolute atomic E-state index is 0.227. The highest BCUT2D eigenvalue weighted by Gasteiger charge is 2.30. The van der Waals surface area contributed by atoms with Crippen LogP contribution in [0.2, 0.25) is 0 Å². The molecule has 0 amide bonds. The lowest BCUT2D eigenvalue weighted by Gasteiger charge is -2.13. The molecule has 0 spiro atoms. The fourth-order valence-electron chi connectivity index (χ4n) is 2.01. The number of carbonyl (C=O) groups excluding carboxylic acids is 1.